The van der Waals surface area contributed by atoms with Gasteiger partial charge in [0.1, 0.15) is 6.67 Å². The second-order valence-corrected chi connectivity index (χ2v) is 5.10. The fraction of sp³-hybridized carbons (Fsp3) is 0.600. The molecule has 2 rings (SSSR count). The van der Waals surface area contributed by atoms with Crippen molar-refractivity contribution in [2.75, 3.05) is 40.1 Å². The van der Waals surface area contributed by atoms with Crippen molar-refractivity contribution in [3.63, 3.8) is 0 Å². The van der Waals surface area contributed by atoms with Crippen molar-refractivity contribution in [1.29, 1.82) is 0 Å². The number of rotatable bonds is 6. The van der Waals surface area contributed by atoms with E-state index in [0.717, 1.165) is 38.4 Å². The zero-order chi connectivity index (χ0) is 14.4. The van der Waals surface area contributed by atoms with Gasteiger partial charge in [-0.25, -0.2) is 4.39 Å². The van der Waals surface area contributed by atoms with Gasteiger partial charge in [0, 0.05) is 26.7 Å². The number of ether oxygens (including phenoxy) is 2. The maximum absolute atomic E-state index is 12.7. The van der Waals surface area contributed by atoms with Gasteiger partial charge >= 0.3 is 0 Å². The summed E-state index contributed by atoms with van der Waals surface area (Å²) in [5.41, 5.74) is 7.88. The minimum Gasteiger partial charge on any atom is -0.379 e. The molecule has 0 spiro atoms. The summed E-state index contributed by atoms with van der Waals surface area (Å²) in [5.74, 6) is 0. The van der Waals surface area contributed by atoms with Crippen LogP contribution in [-0.2, 0) is 16.0 Å². The highest BCUT2D eigenvalue weighted by molar-refractivity contribution is 5.25. The number of benzene rings is 1. The van der Waals surface area contributed by atoms with Crippen LogP contribution in [0.2, 0.25) is 0 Å². The molecule has 1 aliphatic rings. The first-order valence-electron chi connectivity index (χ1n) is 6.98. The van der Waals surface area contributed by atoms with Gasteiger partial charge in [-0.3, -0.25) is 4.90 Å². The number of morpholine rings is 1. The average molecular weight is 282 g/mol. The minimum atomic E-state index is -0.620. The normalized spacial score (nSPS) is 19.8. The lowest BCUT2D eigenvalue weighted by Gasteiger charge is -2.27. The van der Waals surface area contributed by atoms with Crippen LogP contribution < -0.4 is 5.73 Å². The Morgan fingerprint density at radius 2 is 1.95 bits per heavy atom. The van der Waals surface area contributed by atoms with Crippen LogP contribution in [0, 0.1) is 0 Å². The van der Waals surface area contributed by atoms with Gasteiger partial charge in [0.25, 0.3) is 0 Å². The predicted octanol–water partition coefficient (Wildman–Crippen LogP) is 1.50. The summed E-state index contributed by atoms with van der Waals surface area (Å²) in [6.07, 6.45) is -0.391. The van der Waals surface area contributed by atoms with Gasteiger partial charge in [-0.1, -0.05) is 24.3 Å². The van der Waals surface area contributed by atoms with Gasteiger partial charge in [-0.05, 0) is 11.1 Å². The number of hydrogen-bond acceptors (Lipinski definition) is 4. The lowest BCUT2D eigenvalue weighted by Crippen LogP contribution is -2.35. The molecule has 5 heteroatoms. The van der Waals surface area contributed by atoms with Crippen LogP contribution in [0.1, 0.15) is 17.2 Å². The fourth-order valence-corrected chi connectivity index (χ4v) is 2.47. The number of halogens is 1. The smallest absolute Gasteiger partial charge is 0.107 e. The molecule has 0 amide bonds. The molecule has 0 bridgehead atoms. The van der Waals surface area contributed by atoms with Crippen molar-refractivity contribution in [2.24, 2.45) is 5.73 Å². The quantitative estimate of drug-likeness (QED) is 0.859. The summed E-state index contributed by atoms with van der Waals surface area (Å²) in [4.78, 5) is 2.36. The molecule has 0 unspecified atom stereocenters. The van der Waals surface area contributed by atoms with E-state index >= 15 is 0 Å². The molecule has 1 saturated heterocycles. The maximum Gasteiger partial charge on any atom is 0.107 e. The Kier molecular flexibility index (Phi) is 5.91. The summed E-state index contributed by atoms with van der Waals surface area (Å²) in [5, 5.41) is 0. The summed E-state index contributed by atoms with van der Waals surface area (Å²) >= 11 is 0. The molecule has 1 aromatic carbocycles. The zero-order valence-corrected chi connectivity index (χ0v) is 11.9. The van der Waals surface area contributed by atoms with E-state index in [4.69, 9.17) is 15.2 Å². The van der Waals surface area contributed by atoms with Crippen LogP contribution in [0.15, 0.2) is 24.3 Å². The zero-order valence-electron chi connectivity index (χ0n) is 11.9. The standard InChI is InChI=1S/C15H23FN2O2/c1-19-15(14(17)10-16)13-4-2-12(3-5-13)11-18-6-8-20-9-7-18/h2-5,14-15H,6-11,17H2,1H3/t14-,15-/m1/s1. The fourth-order valence-electron chi connectivity index (χ4n) is 2.47. The molecule has 1 aliphatic heterocycles. The van der Waals surface area contributed by atoms with E-state index in [0.29, 0.717) is 0 Å². The van der Waals surface area contributed by atoms with Crippen molar-refractivity contribution in [1.82, 2.24) is 4.90 Å². The van der Waals surface area contributed by atoms with E-state index in [1.54, 1.807) is 7.11 Å². The highest BCUT2D eigenvalue weighted by Crippen LogP contribution is 2.21. The third-order valence-corrected chi connectivity index (χ3v) is 3.64. The van der Waals surface area contributed by atoms with Crippen LogP contribution in [0.3, 0.4) is 0 Å². The van der Waals surface area contributed by atoms with E-state index in [1.165, 1.54) is 5.56 Å². The predicted molar refractivity (Wildman–Crippen MR) is 76.2 cm³/mol. The molecular formula is C15H23FN2O2. The Bertz CT molecular complexity index is 393. The molecule has 1 fully saturated rings. The van der Waals surface area contributed by atoms with E-state index in [1.807, 2.05) is 12.1 Å². The highest BCUT2D eigenvalue weighted by atomic mass is 19.1. The summed E-state index contributed by atoms with van der Waals surface area (Å²) in [6.45, 7) is 3.86. The first-order chi connectivity index (χ1) is 9.74. The Morgan fingerprint density at radius 3 is 2.50 bits per heavy atom. The molecule has 1 aromatic rings. The van der Waals surface area contributed by atoms with Gasteiger partial charge in [0.15, 0.2) is 0 Å². The molecular weight excluding hydrogens is 259 g/mol. The minimum absolute atomic E-state index is 0.391. The molecule has 0 aromatic heterocycles. The van der Waals surface area contributed by atoms with Crippen LogP contribution in [-0.4, -0.2) is 51.0 Å². The van der Waals surface area contributed by atoms with Crippen molar-refractivity contribution < 1.29 is 13.9 Å². The third kappa shape index (κ3) is 3.99. The first kappa shape index (κ1) is 15.4. The lowest BCUT2D eigenvalue weighted by atomic mass is 10.0. The Hall–Kier alpha value is -1.01. The van der Waals surface area contributed by atoms with Crippen molar-refractivity contribution >= 4 is 0 Å². The largest absolute Gasteiger partial charge is 0.379 e. The van der Waals surface area contributed by atoms with Crippen molar-refractivity contribution in [3.8, 4) is 0 Å². The number of alkyl halides is 1. The molecule has 2 atom stereocenters. The summed E-state index contributed by atoms with van der Waals surface area (Å²) in [6, 6.07) is 7.44. The molecule has 1 heterocycles. The molecule has 2 N–H and O–H groups in total. The maximum atomic E-state index is 12.7. The average Bonchev–Trinajstić information content (AvgIpc) is 2.50. The van der Waals surface area contributed by atoms with Gasteiger partial charge in [-0.2, -0.15) is 0 Å². The molecule has 0 aliphatic carbocycles. The Labute approximate surface area is 119 Å². The van der Waals surface area contributed by atoms with Gasteiger partial charge in [0.05, 0.1) is 25.4 Å². The van der Waals surface area contributed by atoms with Gasteiger partial charge < -0.3 is 15.2 Å². The molecule has 112 valence electrons. The van der Waals surface area contributed by atoms with E-state index in [-0.39, 0.29) is 0 Å². The monoisotopic (exact) mass is 282 g/mol. The molecule has 0 radical (unpaired) electrons. The van der Waals surface area contributed by atoms with Gasteiger partial charge in [-0.15, -0.1) is 0 Å². The molecule has 4 nitrogen and oxygen atoms in total. The molecule has 0 saturated carbocycles. The number of nitrogens with two attached hydrogens (primary N) is 1. The number of hydrogen-bond donors (Lipinski definition) is 1. The number of nitrogens with zero attached hydrogens (tertiary/aromatic N) is 1. The van der Waals surface area contributed by atoms with E-state index < -0.39 is 18.8 Å². The van der Waals surface area contributed by atoms with Gasteiger partial charge in [0.2, 0.25) is 0 Å². The Morgan fingerprint density at radius 1 is 1.30 bits per heavy atom. The molecule has 20 heavy (non-hydrogen) atoms. The first-order valence-corrected chi connectivity index (χ1v) is 6.98. The summed E-state index contributed by atoms with van der Waals surface area (Å²) in [7, 11) is 1.56. The highest BCUT2D eigenvalue weighted by Gasteiger charge is 2.19. The SMILES string of the molecule is CO[C@H](c1ccc(CN2CCOCC2)cc1)[C@H](N)CF. The van der Waals surface area contributed by atoms with E-state index in [9.17, 15) is 4.39 Å². The number of methoxy groups -OCH3 is 1. The van der Waals surface area contributed by atoms with Crippen LogP contribution in [0.25, 0.3) is 0 Å². The topological polar surface area (TPSA) is 47.7 Å². The second kappa shape index (κ2) is 7.69. The van der Waals surface area contributed by atoms with E-state index in [2.05, 4.69) is 17.0 Å². The van der Waals surface area contributed by atoms with Crippen LogP contribution in [0.4, 0.5) is 4.39 Å². The summed E-state index contributed by atoms with van der Waals surface area (Å²) < 4.78 is 23.3. The van der Waals surface area contributed by atoms with Crippen LogP contribution in [0.5, 0.6) is 0 Å². The van der Waals surface area contributed by atoms with Crippen molar-refractivity contribution in [2.45, 2.75) is 18.7 Å². The third-order valence-electron chi connectivity index (χ3n) is 3.64. The van der Waals surface area contributed by atoms with Crippen molar-refractivity contribution in [3.05, 3.63) is 35.4 Å². The Balaban J connectivity index is 1.97. The second-order valence-electron chi connectivity index (χ2n) is 5.10. The van der Waals surface area contributed by atoms with Crippen LogP contribution >= 0.6 is 0 Å². The lowest BCUT2D eigenvalue weighted by molar-refractivity contribution is 0.0341.